The first-order valence-electron chi connectivity index (χ1n) is 4.69. The largest absolute Gasteiger partial charge is 0.459 e. The first kappa shape index (κ1) is 13.9. The van der Waals surface area contributed by atoms with Crippen LogP contribution in [0.4, 0.5) is 0 Å². The van der Waals surface area contributed by atoms with Gasteiger partial charge in [-0.15, -0.1) is 11.3 Å². The number of nitriles is 1. The highest BCUT2D eigenvalue weighted by Gasteiger charge is 2.10. The van der Waals surface area contributed by atoms with E-state index in [0.29, 0.717) is 6.61 Å². The fourth-order valence-corrected chi connectivity index (χ4v) is 2.35. The first-order valence-corrected chi connectivity index (χ1v) is 6.36. The summed E-state index contributed by atoms with van der Waals surface area (Å²) in [5.41, 5.74) is -0.0181. The van der Waals surface area contributed by atoms with Crippen LogP contribution in [0.25, 0.3) is 6.08 Å². The van der Waals surface area contributed by atoms with Gasteiger partial charge in [-0.05, 0) is 28.1 Å². The molecule has 17 heavy (non-hydrogen) atoms. The smallest absolute Gasteiger partial charge is 0.349 e. The third kappa shape index (κ3) is 4.69. The number of rotatable bonds is 5. The van der Waals surface area contributed by atoms with Crippen molar-refractivity contribution in [2.24, 2.45) is 0 Å². The number of halogens is 1. The maximum absolute atomic E-state index is 11.5. The van der Waals surface area contributed by atoms with Crippen LogP contribution in [0.1, 0.15) is 4.88 Å². The van der Waals surface area contributed by atoms with Crippen molar-refractivity contribution in [2.75, 3.05) is 20.3 Å². The van der Waals surface area contributed by atoms with Gasteiger partial charge in [-0.3, -0.25) is 0 Å². The summed E-state index contributed by atoms with van der Waals surface area (Å²) in [7, 11) is 1.51. The molecule has 0 atom stereocenters. The molecule has 0 spiro atoms. The molecule has 0 saturated carbocycles. The normalized spacial score (nSPS) is 11.0. The van der Waals surface area contributed by atoms with E-state index in [4.69, 9.17) is 14.7 Å². The number of hydrogen-bond donors (Lipinski definition) is 0. The summed E-state index contributed by atoms with van der Waals surface area (Å²) in [6.45, 7) is 0.456. The number of esters is 1. The summed E-state index contributed by atoms with van der Waals surface area (Å²) in [4.78, 5) is 12.3. The highest BCUT2D eigenvalue weighted by molar-refractivity contribution is 9.10. The van der Waals surface area contributed by atoms with Crippen molar-refractivity contribution >= 4 is 39.3 Å². The minimum atomic E-state index is -0.630. The van der Waals surface area contributed by atoms with Gasteiger partial charge in [-0.1, -0.05) is 0 Å². The summed E-state index contributed by atoms with van der Waals surface area (Å²) < 4.78 is 10.5. The van der Waals surface area contributed by atoms with E-state index in [1.165, 1.54) is 24.5 Å². The molecule has 90 valence electrons. The molecule has 0 aliphatic heterocycles. The molecule has 0 aliphatic carbocycles. The minimum Gasteiger partial charge on any atom is -0.459 e. The number of carbonyl (C=O) groups excluding carboxylic acids is 1. The Kier molecular flexibility index (Phi) is 5.91. The van der Waals surface area contributed by atoms with E-state index < -0.39 is 5.97 Å². The van der Waals surface area contributed by atoms with Crippen LogP contribution < -0.4 is 0 Å². The van der Waals surface area contributed by atoms with E-state index in [1.54, 1.807) is 0 Å². The maximum Gasteiger partial charge on any atom is 0.349 e. The van der Waals surface area contributed by atoms with Crippen LogP contribution >= 0.6 is 27.3 Å². The molecule has 0 aliphatic rings. The topological polar surface area (TPSA) is 59.3 Å². The quantitative estimate of drug-likeness (QED) is 0.363. The van der Waals surface area contributed by atoms with E-state index in [-0.39, 0.29) is 12.2 Å². The second-order valence-corrected chi connectivity index (χ2v) is 4.82. The van der Waals surface area contributed by atoms with Gasteiger partial charge in [0.05, 0.1) is 6.61 Å². The molecule has 1 rings (SSSR count). The number of thiophene rings is 1. The van der Waals surface area contributed by atoms with Gasteiger partial charge in [0.2, 0.25) is 0 Å². The van der Waals surface area contributed by atoms with Crippen LogP contribution in [-0.4, -0.2) is 26.3 Å². The number of nitrogens with zero attached hydrogens (tertiary/aromatic N) is 1. The number of hydrogen-bond acceptors (Lipinski definition) is 5. The van der Waals surface area contributed by atoms with E-state index in [9.17, 15) is 4.79 Å². The Bertz CT molecular complexity index is 462. The Labute approximate surface area is 112 Å². The zero-order chi connectivity index (χ0) is 12.7. The minimum absolute atomic E-state index is 0.0181. The molecule has 6 heteroatoms. The van der Waals surface area contributed by atoms with Gasteiger partial charge in [0.15, 0.2) is 0 Å². The average molecular weight is 316 g/mol. The lowest BCUT2D eigenvalue weighted by Gasteiger charge is -2.01. The van der Waals surface area contributed by atoms with Crippen LogP contribution in [0.2, 0.25) is 0 Å². The first-order chi connectivity index (χ1) is 8.17. The maximum atomic E-state index is 11.5. The number of ether oxygens (including phenoxy) is 2. The molecular weight excluding hydrogens is 306 g/mol. The predicted molar refractivity (Wildman–Crippen MR) is 68.4 cm³/mol. The van der Waals surface area contributed by atoms with Gasteiger partial charge in [0, 0.05) is 21.8 Å². The summed E-state index contributed by atoms with van der Waals surface area (Å²) in [5.74, 6) is -0.630. The van der Waals surface area contributed by atoms with E-state index in [1.807, 2.05) is 17.5 Å². The molecule has 0 bridgehead atoms. The molecule has 0 saturated heterocycles. The van der Waals surface area contributed by atoms with E-state index >= 15 is 0 Å². The van der Waals surface area contributed by atoms with Crippen LogP contribution in [0, 0.1) is 11.3 Å². The summed E-state index contributed by atoms with van der Waals surface area (Å²) >= 11 is 4.73. The molecule has 0 radical (unpaired) electrons. The predicted octanol–water partition coefficient (Wildman–Crippen LogP) is 2.61. The molecular formula is C11H10BrNO3S. The molecule has 1 aromatic rings. The van der Waals surface area contributed by atoms with Gasteiger partial charge in [0.25, 0.3) is 0 Å². The van der Waals surface area contributed by atoms with Gasteiger partial charge >= 0.3 is 5.97 Å². The van der Waals surface area contributed by atoms with Gasteiger partial charge in [-0.2, -0.15) is 5.26 Å². The molecule has 0 N–H and O–H groups in total. The van der Waals surface area contributed by atoms with Gasteiger partial charge in [0.1, 0.15) is 18.2 Å². The highest BCUT2D eigenvalue weighted by Crippen LogP contribution is 2.22. The molecule has 1 heterocycles. The second kappa shape index (κ2) is 7.22. The number of methoxy groups -OCH3 is 1. The zero-order valence-electron chi connectivity index (χ0n) is 9.10. The lowest BCUT2D eigenvalue weighted by molar-refractivity contribution is -0.139. The van der Waals surface area contributed by atoms with Crippen LogP contribution in [0.15, 0.2) is 21.5 Å². The summed E-state index contributed by atoms with van der Waals surface area (Å²) in [6.07, 6.45) is 1.50. The Morgan fingerprint density at radius 2 is 2.41 bits per heavy atom. The third-order valence-corrected chi connectivity index (χ3v) is 3.38. The lowest BCUT2D eigenvalue weighted by Crippen LogP contribution is -2.10. The van der Waals surface area contributed by atoms with Crippen molar-refractivity contribution in [1.82, 2.24) is 0 Å². The summed E-state index contributed by atoms with van der Waals surface area (Å²) in [5, 5.41) is 10.7. The molecule has 0 aromatic carbocycles. The van der Waals surface area contributed by atoms with E-state index in [0.717, 1.165) is 9.35 Å². The average Bonchev–Trinajstić information content (AvgIpc) is 2.72. The Morgan fingerprint density at radius 3 is 2.94 bits per heavy atom. The molecule has 1 aromatic heterocycles. The second-order valence-electron chi connectivity index (χ2n) is 2.97. The molecule has 0 amide bonds. The van der Waals surface area contributed by atoms with Crippen molar-refractivity contribution in [1.29, 1.82) is 5.26 Å². The van der Waals surface area contributed by atoms with Crippen molar-refractivity contribution in [3.8, 4) is 6.07 Å². The van der Waals surface area contributed by atoms with Gasteiger partial charge in [-0.25, -0.2) is 4.79 Å². The van der Waals surface area contributed by atoms with Crippen molar-refractivity contribution < 1.29 is 14.3 Å². The third-order valence-electron chi connectivity index (χ3n) is 1.74. The molecule has 0 unspecified atom stereocenters. The zero-order valence-corrected chi connectivity index (χ0v) is 11.5. The Morgan fingerprint density at radius 1 is 1.65 bits per heavy atom. The van der Waals surface area contributed by atoms with Crippen LogP contribution in [0.3, 0.4) is 0 Å². The van der Waals surface area contributed by atoms with E-state index in [2.05, 4.69) is 15.9 Å². The molecule has 4 nitrogen and oxygen atoms in total. The Balaban J connectivity index is 2.68. The van der Waals surface area contributed by atoms with Crippen molar-refractivity contribution in [3.05, 3.63) is 26.4 Å². The van der Waals surface area contributed by atoms with Crippen molar-refractivity contribution in [2.45, 2.75) is 0 Å². The fraction of sp³-hybridized carbons (Fsp3) is 0.273. The fourth-order valence-electron chi connectivity index (χ4n) is 0.979. The van der Waals surface area contributed by atoms with Crippen LogP contribution in [0.5, 0.6) is 0 Å². The number of carbonyl (C=O) groups is 1. The van der Waals surface area contributed by atoms with Crippen molar-refractivity contribution in [3.63, 3.8) is 0 Å². The highest BCUT2D eigenvalue weighted by atomic mass is 79.9. The van der Waals surface area contributed by atoms with Crippen LogP contribution in [-0.2, 0) is 14.3 Å². The lowest BCUT2D eigenvalue weighted by atomic mass is 10.2. The SMILES string of the molecule is COCCOC(=O)/C(C#N)=C/c1cc(Br)cs1. The Hall–Kier alpha value is -1.16. The monoisotopic (exact) mass is 315 g/mol. The standard InChI is InChI=1S/C11H10BrNO3S/c1-15-2-3-16-11(14)8(6-13)4-10-5-9(12)7-17-10/h4-5,7H,2-3H2,1H3/b8-4+. The summed E-state index contributed by atoms with van der Waals surface area (Å²) in [6, 6.07) is 3.65. The molecule has 0 fully saturated rings. The van der Waals surface area contributed by atoms with Gasteiger partial charge < -0.3 is 9.47 Å².